The number of hydrogen-bond donors (Lipinski definition) is 0. The zero-order valence-corrected chi connectivity index (χ0v) is 17.4. The Hall–Kier alpha value is -3.15. The molecule has 6 heteroatoms. The van der Waals surface area contributed by atoms with Crippen LogP contribution in [0.5, 0.6) is 11.5 Å². The maximum Gasteiger partial charge on any atom is 0.231 e. The molecule has 0 spiro atoms. The number of ketones is 1. The molecule has 0 saturated heterocycles. The minimum atomic E-state index is -0.404. The highest BCUT2D eigenvalue weighted by Gasteiger charge is 2.33. The number of rotatable bonds is 4. The highest BCUT2D eigenvalue weighted by molar-refractivity contribution is 6.31. The van der Waals surface area contributed by atoms with E-state index in [0.717, 1.165) is 29.1 Å². The summed E-state index contributed by atoms with van der Waals surface area (Å²) in [4.78, 5) is 15.0. The van der Waals surface area contributed by atoms with E-state index in [1.807, 2.05) is 24.3 Å². The number of nitrogens with zero attached hydrogens (tertiary/aromatic N) is 1. The number of carbonyl (C=O) groups excluding carboxylic acids is 1. The van der Waals surface area contributed by atoms with E-state index < -0.39 is 5.82 Å². The van der Waals surface area contributed by atoms with Crippen molar-refractivity contribution >= 4 is 23.5 Å². The molecule has 0 radical (unpaired) electrons. The van der Waals surface area contributed by atoms with Crippen molar-refractivity contribution in [1.29, 1.82) is 0 Å². The molecule has 0 aromatic heterocycles. The van der Waals surface area contributed by atoms with Crippen LogP contribution in [0.1, 0.15) is 27.0 Å². The van der Waals surface area contributed by atoms with Crippen LogP contribution in [-0.4, -0.2) is 24.0 Å². The van der Waals surface area contributed by atoms with Gasteiger partial charge in [0.2, 0.25) is 5.78 Å². The maximum absolute atomic E-state index is 14.0. The van der Waals surface area contributed by atoms with Gasteiger partial charge in [-0.15, -0.1) is 0 Å². The van der Waals surface area contributed by atoms with Gasteiger partial charge < -0.3 is 9.47 Å². The van der Waals surface area contributed by atoms with Crippen molar-refractivity contribution in [2.75, 3.05) is 13.3 Å². The highest BCUT2D eigenvalue weighted by atomic mass is 35.5. The highest BCUT2D eigenvalue weighted by Crippen LogP contribution is 2.42. The van der Waals surface area contributed by atoms with Gasteiger partial charge >= 0.3 is 0 Å². The van der Waals surface area contributed by atoms with E-state index >= 15 is 0 Å². The van der Waals surface area contributed by atoms with E-state index in [4.69, 9.17) is 21.1 Å². The first-order chi connectivity index (χ1) is 15.1. The van der Waals surface area contributed by atoms with Crippen LogP contribution in [0.4, 0.5) is 4.39 Å². The van der Waals surface area contributed by atoms with Gasteiger partial charge in [-0.05, 0) is 42.3 Å². The largest absolute Gasteiger partial charge is 0.478 e. The second-order valence-corrected chi connectivity index (χ2v) is 7.95. The SMILES string of the molecule is O=C1/C(=C/c2ccccc2F)Oc2c1ccc1c2CN(CCc2ccccc2Cl)CO1. The van der Waals surface area contributed by atoms with Gasteiger partial charge in [-0.1, -0.05) is 48.0 Å². The molecular weight excluding hydrogens is 417 g/mol. The second-order valence-electron chi connectivity index (χ2n) is 7.55. The Morgan fingerprint density at radius 1 is 1.06 bits per heavy atom. The first kappa shape index (κ1) is 19.8. The van der Waals surface area contributed by atoms with Gasteiger partial charge in [-0.2, -0.15) is 0 Å². The van der Waals surface area contributed by atoms with Crippen LogP contribution >= 0.6 is 11.6 Å². The molecule has 2 aliphatic rings. The molecule has 2 aliphatic heterocycles. The molecule has 0 bridgehead atoms. The molecular formula is C25H19ClFNO3. The lowest BCUT2D eigenvalue weighted by atomic mass is 10.0. The molecule has 2 heterocycles. The van der Waals surface area contributed by atoms with Gasteiger partial charge in [-0.25, -0.2) is 4.39 Å². The Labute approximate surface area is 184 Å². The summed E-state index contributed by atoms with van der Waals surface area (Å²) in [7, 11) is 0. The number of allylic oxidation sites excluding steroid dienone is 1. The lowest BCUT2D eigenvalue weighted by Crippen LogP contribution is -2.33. The third kappa shape index (κ3) is 3.82. The molecule has 4 nitrogen and oxygen atoms in total. The van der Waals surface area contributed by atoms with Gasteiger partial charge in [0.25, 0.3) is 0 Å². The van der Waals surface area contributed by atoms with E-state index in [0.29, 0.717) is 35.9 Å². The van der Waals surface area contributed by atoms with Crippen molar-refractivity contribution in [2.45, 2.75) is 13.0 Å². The molecule has 156 valence electrons. The van der Waals surface area contributed by atoms with Crippen LogP contribution in [-0.2, 0) is 13.0 Å². The summed E-state index contributed by atoms with van der Waals surface area (Å²) >= 11 is 6.27. The molecule has 31 heavy (non-hydrogen) atoms. The van der Waals surface area contributed by atoms with Gasteiger partial charge in [0.05, 0.1) is 11.1 Å². The van der Waals surface area contributed by atoms with Crippen molar-refractivity contribution in [2.24, 2.45) is 0 Å². The van der Waals surface area contributed by atoms with Crippen molar-refractivity contribution in [1.82, 2.24) is 4.90 Å². The minimum Gasteiger partial charge on any atom is -0.478 e. The average Bonchev–Trinajstić information content (AvgIpc) is 3.10. The quantitative estimate of drug-likeness (QED) is 0.508. The number of Topliss-reactive ketones (excluding diaryl/α,β-unsaturated/α-hetero) is 1. The molecule has 5 rings (SSSR count). The Bertz CT molecular complexity index is 1210. The first-order valence-electron chi connectivity index (χ1n) is 10.0. The topological polar surface area (TPSA) is 38.8 Å². The van der Waals surface area contributed by atoms with Crippen LogP contribution in [0.2, 0.25) is 5.02 Å². The lowest BCUT2D eigenvalue weighted by molar-refractivity contribution is 0.0950. The van der Waals surface area contributed by atoms with Gasteiger partial charge in [0.15, 0.2) is 5.76 Å². The van der Waals surface area contributed by atoms with Gasteiger partial charge in [0.1, 0.15) is 24.0 Å². The molecule has 0 saturated carbocycles. The zero-order valence-electron chi connectivity index (χ0n) is 16.6. The van der Waals surface area contributed by atoms with Crippen LogP contribution in [0.15, 0.2) is 66.4 Å². The van der Waals surface area contributed by atoms with E-state index in [2.05, 4.69) is 4.90 Å². The zero-order chi connectivity index (χ0) is 21.4. The van der Waals surface area contributed by atoms with Crippen molar-refractivity contribution < 1.29 is 18.7 Å². The summed E-state index contributed by atoms with van der Waals surface area (Å²) in [6.07, 6.45) is 2.23. The van der Waals surface area contributed by atoms with Crippen LogP contribution < -0.4 is 9.47 Å². The normalized spacial score (nSPS) is 16.6. The smallest absolute Gasteiger partial charge is 0.231 e. The summed E-state index contributed by atoms with van der Waals surface area (Å²) < 4.78 is 25.9. The van der Waals surface area contributed by atoms with Crippen LogP contribution in [0, 0.1) is 5.82 Å². The van der Waals surface area contributed by atoms with Crippen LogP contribution in [0.25, 0.3) is 6.08 Å². The minimum absolute atomic E-state index is 0.113. The Morgan fingerprint density at radius 3 is 2.71 bits per heavy atom. The summed E-state index contributed by atoms with van der Waals surface area (Å²) in [6, 6.07) is 17.6. The fourth-order valence-electron chi connectivity index (χ4n) is 3.86. The molecule has 0 aliphatic carbocycles. The molecule has 0 N–H and O–H groups in total. The molecule has 0 atom stereocenters. The predicted molar refractivity (Wildman–Crippen MR) is 117 cm³/mol. The van der Waals surface area contributed by atoms with E-state index in [9.17, 15) is 9.18 Å². The van der Waals surface area contributed by atoms with Crippen molar-refractivity contribution in [3.8, 4) is 11.5 Å². The Balaban J connectivity index is 1.38. The number of fused-ring (bicyclic) bond motifs is 3. The third-order valence-electron chi connectivity index (χ3n) is 5.53. The predicted octanol–water partition coefficient (Wildman–Crippen LogP) is 5.49. The number of carbonyl (C=O) groups is 1. The Kier molecular flexibility index (Phi) is 5.22. The van der Waals surface area contributed by atoms with Gasteiger partial charge in [0, 0.05) is 23.7 Å². The van der Waals surface area contributed by atoms with Crippen LogP contribution in [0.3, 0.4) is 0 Å². The third-order valence-corrected chi connectivity index (χ3v) is 5.90. The summed E-state index contributed by atoms with van der Waals surface area (Å²) in [5.74, 6) is 0.648. The molecule has 0 fully saturated rings. The summed E-state index contributed by atoms with van der Waals surface area (Å²) in [5, 5.41) is 0.749. The van der Waals surface area contributed by atoms with Gasteiger partial charge in [-0.3, -0.25) is 9.69 Å². The number of hydrogen-bond acceptors (Lipinski definition) is 4. The van der Waals surface area contributed by atoms with E-state index in [1.165, 1.54) is 12.1 Å². The number of benzene rings is 3. The second kappa shape index (κ2) is 8.17. The fraction of sp³-hybridized carbons (Fsp3) is 0.160. The van der Waals surface area contributed by atoms with Crippen molar-refractivity contribution in [3.63, 3.8) is 0 Å². The number of ether oxygens (including phenoxy) is 2. The standard InChI is InChI=1S/C25H19ClFNO3/c26-20-7-3-1-5-16(20)11-12-28-14-19-22(30-15-28)10-9-18-24(29)23(31-25(18)19)13-17-6-2-4-8-21(17)27/h1-10,13H,11-12,14-15H2/b23-13-. The molecule has 3 aromatic carbocycles. The molecule has 3 aromatic rings. The molecule has 0 amide bonds. The monoisotopic (exact) mass is 435 g/mol. The number of halogens is 2. The molecule has 0 unspecified atom stereocenters. The van der Waals surface area contributed by atoms with Crippen molar-refractivity contribution in [3.05, 3.63) is 99.5 Å². The average molecular weight is 436 g/mol. The first-order valence-corrected chi connectivity index (χ1v) is 10.4. The fourth-order valence-corrected chi connectivity index (χ4v) is 4.09. The maximum atomic E-state index is 14.0. The van der Waals surface area contributed by atoms with E-state index in [-0.39, 0.29) is 11.5 Å². The lowest BCUT2D eigenvalue weighted by Gasteiger charge is -2.29. The Morgan fingerprint density at radius 2 is 1.87 bits per heavy atom. The van der Waals surface area contributed by atoms with E-state index in [1.54, 1.807) is 30.3 Å². The summed E-state index contributed by atoms with van der Waals surface area (Å²) in [5.41, 5.74) is 2.69. The summed E-state index contributed by atoms with van der Waals surface area (Å²) in [6.45, 7) is 1.78.